The van der Waals surface area contributed by atoms with Crippen molar-refractivity contribution in [3.05, 3.63) is 99.5 Å². The molecule has 0 saturated heterocycles. The lowest BCUT2D eigenvalue weighted by molar-refractivity contribution is 0.537. The minimum atomic E-state index is 0.296. The molecule has 0 aliphatic heterocycles. The zero-order valence-electron chi connectivity index (χ0n) is 14.5. The van der Waals surface area contributed by atoms with Crippen molar-refractivity contribution in [3.8, 4) is 0 Å². The lowest BCUT2D eigenvalue weighted by Crippen LogP contribution is -2.28. The third kappa shape index (κ3) is 5.62. The molecule has 0 saturated carbocycles. The number of halogens is 2. The number of nitrogens with one attached hydrogen (secondary N) is 1. The van der Waals surface area contributed by atoms with E-state index in [0.717, 1.165) is 15.9 Å². The van der Waals surface area contributed by atoms with E-state index in [1.807, 2.05) is 18.2 Å². The molecule has 26 heavy (non-hydrogen) atoms. The fraction of sp³-hybridized carbons (Fsp3) is 0.182. The highest BCUT2D eigenvalue weighted by molar-refractivity contribution is 9.10. The van der Waals surface area contributed by atoms with E-state index in [0.29, 0.717) is 12.0 Å². The third-order valence-electron chi connectivity index (χ3n) is 4.36. The van der Waals surface area contributed by atoms with Crippen molar-refractivity contribution in [1.29, 1.82) is 0 Å². The maximum atomic E-state index is 6.04. The van der Waals surface area contributed by atoms with Gasteiger partial charge in [-0.1, -0.05) is 70.0 Å². The molecule has 4 heteroatoms. The molecule has 0 spiro atoms. The summed E-state index contributed by atoms with van der Waals surface area (Å²) in [5.74, 6) is 0.352. The van der Waals surface area contributed by atoms with Crippen molar-refractivity contribution in [2.24, 2.45) is 0 Å². The summed E-state index contributed by atoms with van der Waals surface area (Å²) >= 11 is 11.3. The molecule has 2 atom stereocenters. The molecule has 0 aliphatic carbocycles. The minimum absolute atomic E-state index is 0.296. The molecule has 0 radical (unpaired) electrons. The van der Waals surface area contributed by atoms with Gasteiger partial charge in [-0.05, 0) is 72.8 Å². The highest BCUT2D eigenvalue weighted by Gasteiger charge is 2.20. The molecular weight excluding hydrogens is 426 g/mol. The Balaban J connectivity index is 1.78. The highest BCUT2D eigenvalue weighted by atomic mass is 79.9. The lowest BCUT2D eigenvalue weighted by Gasteiger charge is -2.25. The van der Waals surface area contributed by atoms with E-state index in [4.69, 9.17) is 11.6 Å². The van der Waals surface area contributed by atoms with Crippen LogP contribution < -0.4 is 4.72 Å². The summed E-state index contributed by atoms with van der Waals surface area (Å²) in [6.45, 7) is 2.25. The molecule has 1 N–H and O–H groups in total. The topological polar surface area (TPSA) is 12.0 Å². The van der Waals surface area contributed by atoms with Gasteiger partial charge in [0.05, 0.1) is 0 Å². The molecule has 134 valence electrons. The van der Waals surface area contributed by atoms with Gasteiger partial charge in [0.25, 0.3) is 0 Å². The van der Waals surface area contributed by atoms with Gasteiger partial charge in [-0.15, -0.1) is 0 Å². The van der Waals surface area contributed by atoms with Crippen LogP contribution in [-0.2, 0) is 6.42 Å². The molecule has 0 aromatic heterocycles. The van der Waals surface area contributed by atoms with E-state index in [9.17, 15) is 0 Å². The maximum Gasteiger partial charge on any atom is 0.0406 e. The van der Waals surface area contributed by atoms with Crippen molar-refractivity contribution < 1.29 is 0 Å². The molecule has 2 unspecified atom stereocenters. The second-order valence-corrected chi connectivity index (χ2v) is 8.58. The Hall–Kier alpha value is -1.26. The Morgan fingerprint density at radius 1 is 0.962 bits per heavy atom. The first-order valence-corrected chi connectivity index (χ1v) is 10.6. The van der Waals surface area contributed by atoms with Gasteiger partial charge in [0, 0.05) is 26.4 Å². The molecule has 0 aliphatic rings. The van der Waals surface area contributed by atoms with Crippen molar-refractivity contribution in [2.75, 3.05) is 0 Å². The van der Waals surface area contributed by atoms with Crippen LogP contribution in [0.25, 0.3) is 0 Å². The standard InChI is InChI=1S/C22H21BrClNS/c1-16(25-26-21-8-3-2-4-9-21)22(18-6-5-7-19(23)15-18)14-17-10-12-20(24)13-11-17/h2-13,15-16,22,25H,14H2,1H3. The van der Waals surface area contributed by atoms with Crippen molar-refractivity contribution >= 4 is 39.5 Å². The van der Waals surface area contributed by atoms with E-state index in [1.165, 1.54) is 16.0 Å². The molecule has 0 amide bonds. The Kier molecular flexibility index (Phi) is 7.21. The van der Waals surface area contributed by atoms with Crippen LogP contribution >= 0.6 is 39.5 Å². The Bertz CT molecular complexity index is 823. The predicted molar refractivity (Wildman–Crippen MR) is 117 cm³/mol. The maximum absolute atomic E-state index is 6.04. The normalized spacial score (nSPS) is 13.3. The first-order chi connectivity index (χ1) is 12.6. The van der Waals surface area contributed by atoms with Gasteiger partial charge in [-0.2, -0.15) is 0 Å². The Morgan fingerprint density at radius 2 is 1.69 bits per heavy atom. The quantitative estimate of drug-likeness (QED) is 0.388. The van der Waals surface area contributed by atoms with Crippen LogP contribution in [0.3, 0.4) is 0 Å². The van der Waals surface area contributed by atoms with Crippen LogP contribution in [0.5, 0.6) is 0 Å². The van der Waals surface area contributed by atoms with E-state index in [2.05, 4.69) is 88.2 Å². The SMILES string of the molecule is CC(NSc1ccccc1)C(Cc1ccc(Cl)cc1)c1cccc(Br)c1. The highest BCUT2D eigenvalue weighted by Crippen LogP contribution is 2.29. The lowest BCUT2D eigenvalue weighted by atomic mass is 9.87. The summed E-state index contributed by atoms with van der Waals surface area (Å²) < 4.78 is 4.73. The summed E-state index contributed by atoms with van der Waals surface area (Å²) in [6.07, 6.45) is 0.955. The van der Waals surface area contributed by atoms with Crippen LogP contribution in [0.1, 0.15) is 24.0 Å². The van der Waals surface area contributed by atoms with E-state index >= 15 is 0 Å². The van der Waals surface area contributed by atoms with Crippen molar-refractivity contribution in [3.63, 3.8) is 0 Å². The Morgan fingerprint density at radius 3 is 2.38 bits per heavy atom. The summed E-state index contributed by atoms with van der Waals surface area (Å²) in [6, 6.07) is 27.5. The van der Waals surface area contributed by atoms with Crippen LogP contribution in [-0.4, -0.2) is 6.04 Å². The van der Waals surface area contributed by atoms with Crippen LogP contribution in [0.4, 0.5) is 0 Å². The molecule has 3 rings (SSSR count). The van der Waals surface area contributed by atoms with Crippen molar-refractivity contribution in [1.82, 2.24) is 4.72 Å². The molecular formula is C22H21BrClNS. The Labute approximate surface area is 173 Å². The van der Waals surface area contributed by atoms with E-state index in [1.54, 1.807) is 11.9 Å². The number of hydrogen-bond donors (Lipinski definition) is 1. The molecule has 3 aromatic carbocycles. The number of benzene rings is 3. The molecule has 1 nitrogen and oxygen atoms in total. The number of hydrogen-bond acceptors (Lipinski definition) is 2. The molecule has 0 fully saturated rings. The van der Waals surface area contributed by atoms with Gasteiger partial charge in [-0.3, -0.25) is 4.72 Å². The van der Waals surface area contributed by atoms with Gasteiger partial charge in [-0.25, -0.2) is 0 Å². The average Bonchev–Trinajstić information content (AvgIpc) is 2.66. The zero-order valence-corrected chi connectivity index (χ0v) is 17.7. The first kappa shape index (κ1) is 19.5. The van der Waals surface area contributed by atoms with Gasteiger partial charge < -0.3 is 0 Å². The van der Waals surface area contributed by atoms with Gasteiger partial charge in [0.2, 0.25) is 0 Å². The largest absolute Gasteiger partial charge is 0.256 e. The van der Waals surface area contributed by atoms with Crippen molar-refractivity contribution in [2.45, 2.75) is 30.2 Å². The predicted octanol–water partition coefficient (Wildman–Crippen LogP) is 7.11. The third-order valence-corrected chi connectivity index (χ3v) is 6.10. The first-order valence-electron chi connectivity index (χ1n) is 8.59. The molecule has 0 bridgehead atoms. The van der Waals surface area contributed by atoms with Gasteiger partial charge in [0.15, 0.2) is 0 Å². The second-order valence-electron chi connectivity index (χ2n) is 6.31. The van der Waals surface area contributed by atoms with Gasteiger partial charge in [0.1, 0.15) is 0 Å². The van der Waals surface area contributed by atoms with E-state index < -0.39 is 0 Å². The summed E-state index contributed by atoms with van der Waals surface area (Å²) in [5.41, 5.74) is 2.61. The molecule has 0 heterocycles. The van der Waals surface area contributed by atoms with Crippen LogP contribution in [0.2, 0.25) is 5.02 Å². The summed E-state index contributed by atoms with van der Waals surface area (Å²) in [7, 11) is 0. The minimum Gasteiger partial charge on any atom is -0.256 e. The zero-order chi connectivity index (χ0) is 18.4. The number of rotatable bonds is 7. The monoisotopic (exact) mass is 445 g/mol. The smallest absolute Gasteiger partial charge is 0.0406 e. The average molecular weight is 447 g/mol. The van der Waals surface area contributed by atoms with Gasteiger partial charge >= 0.3 is 0 Å². The summed E-state index contributed by atoms with van der Waals surface area (Å²) in [5, 5.41) is 0.776. The van der Waals surface area contributed by atoms with Crippen LogP contribution in [0, 0.1) is 0 Å². The van der Waals surface area contributed by atoms with Crippen LogP contribution in [0.15, 0.2) is 88.2 Å². The summed E-state index contributed by atoms with van der Waals surface area (Å²) in [4.78, 5) is 1.22. The second kappa shape index (κ2) is 9.61. The fourth-order valence-electron chi connectivity index (χ4n) is 2.93. The molecule has 3 aromatic rings. The fourth-order valence-corrected chi connectivity index (χ4v) is 4.25. The van der Waals surface area contributed by atoms with E-state index in [-0.39, 0.29) is 0 Å².